The summed E-state index contributed by atoms with van der Waals surface area (Å²) < 4.78 is 4.56. The van der Waals surface area contributed by atoms with E-state index in [1.54, 1.807) is 0 Å². The molecule has 1 N–H and O–H groups in total. The molecule has 4 nitrogen and oxygen atoms in total. The number of esters is 1. The van der Waals surface area contributed by atoms with E-state index in [1.807, 2.05) is 6.92 Å². The van der Waals surface area contributed by atoms with Gasteiger partial charge in [0.05, 0.1) is 12.7 Å². The molecule has 0 saturated carbocycles. The first-order chi connectivity index (χ1) is 6.19. The standard InChI is InChI=1S/C9H11NO3/c1-3-6-4-8(11)10-5-7(6)9(12)13-2/h4-5H,3H2,1-2H3,(H,10,11). The van der Waals surface area contributed by atoms with Gasteiger partial charge in [0.2, 0.25) is 5.88 Å². The Bertz CT molecular complexity index is 323. The van der Waals surface area contributed by atoms with Crippen molar-refractivity contribution in [1.82, 2.24) is 4.98 Å². The molecule has 0 unspecified atom stereocenters. The molecule has 1 heterocycles. The zero-order chi connectivity index (χ0) is 9.84. The van der Waals surface area contributed by atoms with Crippen LogP contribution < -0.4 is 0 Å². The topological polar surface area (TPSA) is 59.4 Å². The maximum absolute atomic E-state index is 11.2. The number of rotatable bonds is 2. The van der Waals surface area contributed by atoms with E-state index in [1.165, 1.54) is 19.4 Å². The molecule has 0 spiro atoms. The lowest BCUT2D eigenvalue weighted by atomic mass is 10.1. The van der Waals surface area contributed by atoms with Crippen LogP contribution in [-0.4, -0.2) is 23.2 Å². The summed E-state index contributed by atoms with van der Waals surface area (Å²) in [5, 5.41) is 9.06. The number of ether oxygens (including phenoxy) is 1. The fourth-order valence-corrected chi connectivity index (χ4v) is 1.07. The molecule has 0 amide bonds. The van der Waals surface area contributed by atoms with Gasteiger partial charge in [-0.15, -0.1) is 0 Å². The second-order valence-corrected chi connectivity index (χ2v) is 2.54. The molecule has 0 aliphatic rings. The van der Waals surface area contributed by atoms with Gasteiger partial charge in [0.1, 0.15) is 0 Å². The van der Waals surface area contributed by atoms with Crippen molar-refractivity contribution in [2.24, 2.45) is 0 Å². The Kier molecular flexibility index (Phi) is 2.84. The summed E-state index contributed by atoms with van der Waals surface area (Å²) in [5.41, 5.74) is 1.14. The zero-order valence-corrected chi connectivity index (χ0v) is 7.57. The van der Waals surface area contributed by atoms with E-state index < -0.39 is 5.97 Å². The van der Waals surface area contributed by atoms with Crippen LogP contribution in [0.25, 0.3) is 0 Å². The second kappa shape index (κ2) is 3.89. The second-order valence-electron chi connectivity index (χ2n) is 2.54. The number of aryl methyl sites for hydroxylation is 1. The average Bonchev–Trinajstić information content (AvgIpc) is 2.16. The molecule has 4 heteroatoms. The van der Waals surface area contributed by atoms with Crippen LogP contribution in [0.2, 0.25) is 0 Å². The first kappa shape index (κ1) is 9.51. The molecule has 1 aromatic heterocycles. The lowest BCUT2D eigenvalue weighted by molar-refractivity contribution is 0.0599. The van der Waals surface area contributed by atoms with Crippen molar-refractivity contribution in [3.63, 3.8) is 0 Å². The number of carbonyl (C=O) groups is 1. The molecule has 0 bridgehead atoms. The SMILES string of the molecule is CCc1cc(O)ncc1C(=O)OC. The summed E-state index contributed by atoms with van der Waals surface area (Å²) in [4.78, 5) is 14.8. The van der Waals surface area contributed by atoms with Crippen molar-refractivity contribution in [3.05, 3.63) is 23.4 Å². The van der Waals surface area contributed by atoms with Crippen LogP contribution in [-0.2, 0) is 11.2 Å². The third kappa shape index (κ3) is 1.96. The van der Waals surface area contributed by atoms with E-state index >= 15 is 0 Å². The maximum atomic E-state index is 11.2. The number of carbonyl (C=O) groups excluding carboxylic acids is 1. The van der Waals surface area contributed by atoms with Crippen LogP contribution in [0.15, 0.2) is 12.3 Å². The summed E-state index contributed by atoms with van der Waals surface area (Å²) in [6.07, 6.45) is 1.97. The molecular weight excluding hydrogens is 170 g/mol. The molecule has 0 fully saturated rings. The van der Waals surface area contributed by atoms with Gasteiger partial charge >= 0.3 is 5.97 Å². The molecule has 0 aliphatic heterocycles. The van der Waals surface area contributed by atoms with Gasteiger partial charge in [-0.3, -0.25) is 0 Å². The number of pyridine rings is 1. The Morgan fingerprint density at radius 2 is 2.38 bits per heavy atom. The number of methoxy groups -OCH3 is 1. The van der Waals surface area contributed by atoms with E-state index in [9.17, 15) is 4.79 Å². The van der Waals surface area contributed by atoms with E-state index in [2.05, 4.69) is 9.72 Å². The number of nitrogens with zero attached hydrogens (tertiary/aromatic N) is 1. The third-order valence-corrected chi connectivity index (χ3v) is 1.76. The molecule has 0 saturated heterocycles. The van der Waals surface area contributed by atoms with Crippen LogP contribution in [0.3, 0.4) is 0 Å². The van der Waals surface area contributed by atoms with Crippen molar-refractivity contribution >= 4 is 5.97 Å². The molecule has 13 heavy (non-hydrogen) atoms. The Balaban J connectivity index is 3.13. The molecule has 0 radical (unpaired) electrons. The molecule has 0 atom stereocenters. The number of hydrogen-bond donors (Lipinski definition) is 1. The monoisotopic (exact) mass is 181 g/mol. The lowest BCUT2D eigenvalue weighted by Crippen LogP contribution is -2.05. The van der Waals surface area contributed by atoms with Gasteiger partial charge in [-0.05, 0) is 12.0 Å². The van der Waals surface area contributed by atoms with E-state index in [4.69, 9.17) is 5.11 Å². The summed E-state index contributed by atoms with van der Waals surface area (Å²) in [5.74, 6) is -0.506. The first-order valence-corrected chi connectivity index (χ1v) is 3.95. The van der Waals surface area contributed by atoms with Gasteiger partial charge in [-0.1, -0.05) is 6.92 Å². The zero-order valence-electron chi connectivity index (χ0n) is 7.57. The summed E-state index contributed by atoms with van der Waals surface area (Å²) in [6, 6.07) is 1.46. The van der Waals surface area contributed by atoms with Crippen LogP contribution >= 0.6 is 0 Å². The van der Waals surface area contributed by atoms with Gasteiger partial charge in [0, 0.05) is 12.3 Å². The van der Waals surface area contributed by atoms with Crippen molar-refractivity contribution < 1.29 is 14.6 Å². The highest BCUT2D eigenvalue weighted by Gasteiger charge is 2.11. The maximum Gasteiger partial charge on any atom is 0.339 e. The Morgan fingerprint density at radius 1 is 1.69 bits per heavy atom. The molecule has 0 aromatic carbocycles. The molecule has 1 aromatic rings. The third-order valence-electron chi connectivity index (χ3n) is 1.76. The Hall–Kier alpha value is -1.58. The molecule has 70 valence electrons. The van der Waals surface area contributed by atoms with E-state index in [0.29, 0.717) is 12.0 Å². The van der Waals surface area contributed by atoms with Crippen molar-refractivity contribution in [3.8, 4) is 5.88 Å². The highest BCUT2D eigenvalue weighted by molar-refractivity contribution is 5.90. The van der Waals surface area contributed by atoms with Gasteiger partial charge in [0.15, 0.2) is 0 Å². The number of aromatic nitrogens is 1. The lowest BCUT2D eigenvalue weighted by Gasteiger charge is -2.04. The fraction of sp³-hybridized carbons (Fsp3) is 0.333. The fourth-order valence-electron chi connectivity index (χ4n) is 1.07. The summed E-state index contributed by atoms with van der Waals surface area (Å²) in [6.45, 7) is 1.89. The van der Waals surface area contributed by atoms with Crippen molar-refractivity contribution in [1.29, 1.82) is 0 Å². The predicted molar refractivity (Wildman–Crippen MR) is 46.6 cm³/mol. The van der Waals surface area contributed by atoms with Gasteiger partial charge in [0.25, 0.3) is 0 Å². The normalized spacial score (nSPS) is 9.69. The summed E-state index contributed by atoms with van der Waals surface area (Å²) in [7, 11) is 1.31. The predicted octanol–water partition coefficient (Wildman–Crippen LogP) is 1.14. The highest BCUT2D eigenvalue weighted by Crippen LogP contribution is 2.14. The average molecular weight is 181 g/mol. The minimum atomic E-state index is -0.427. The number of hydrogen-bond acceptors (Lipinski definition) is 4. The Morgan fingerprint density at radius 3 is 2.92 bits per heavy atom. The van der Waals surface area contributed by atoms with E-state index in [0.717, 1.165) is 5.56 Å². The molecular formula is C9H11NO3. The van der Waals surface area contributed by atoms with Crippen LogP contribution in [0.4, 0.5) is 0 Å². The highest BCUT2D eigenvalue weighted by atomic mass is 16.5. The van der Waals surface area contributed by atoms with Crippen LogP contribution in [0, 0.1) is 0 Å². The van der Waals surface area contributed by atoms with Crippen LogP contribution in [0.5, 0.6) is 5.88 Å². The van der Waals surface area contributed by atoms with E-state index in [-0.39, 0.29) is 5.88 Å². The van der Waals surface area contributed by atoms with Crippen molar-refractivity contribution in [2.75, 3.05) is 7.11 Å². The van der Waals surface area contributed by atoms with Gasteiger partial charge in [-0.2, -0.15) is 0 Å². The molecule has 0 aliphatic carbocycles. The van der Waals surface area contributed by atoms with Crippen LogP contribution in [0.1, 0.15) is 22.8 Å². The Labute approximate surface area is 76.2 Å². The smallest absolute Gasteiger partial charge is 0.339 e. The number of aromatic hydroxyl groups is 1. The van der Waals surface area contributed by atoms with Gasteiger partial charge < -0.3 is 9.84 Å². The quantitative estimate of drug-likeness (QED) is 0.695. The molecule has 1 rings (SSSR count). The summed E-state index contributed by atoms with van der Waals surface area (Å²) >= 11 is 0. The van der Waals surface area contributed by atoms with Crippen molar-refractivity contribution in [2.45, 2.75) is 13.3 Å². The minimum Gasteiger partial charge on any atom is -0.493 e. The largest absolute Gasteiger partial charge is 0.493 e. The minimum absolute atomic E-state index is 0.0792. The van der Waals surface area contributed by atoms with Gasteiger partial charge in [-0.25, -0.2) is 9.78 Å². The first-order valence-electron chi connectivity index (χ1n) is 3.95.